The lowest BCUT2D eigenvalue weighted by molar-refractivity contribution is -0.114. The molecular formula is C20H22O3. The van der Waals surface area contributed by atoms with E-state index in [1.54, 1.807) is 24.3 Å². The van der Waals surface area contributed by atoms with Gasteiger partial charge in [0.15, 0.2) is 5.78 Å². The number of aromatic hydroxyl groups is 2. The molecule has 0 unspecified atom stereocenters. The van der Waals surface area contributed by atoms with Crippen molar-refractivity contribution in [3.63, 3.8) is 0 Å². The third kappa shape index (κ3) is 5.62. The molecule has 0 spiro atoms. The first kappa shape index (κ1) is 16.8. The van der Waals surface area contributed by atoms with Gasteiger partial charge in [-0.15, -0.1) is 0 Å². The Bertz CT molecular complexity index is 685. The molecule has 2 N–H and O–H groups in total. The predicted molar refractivity (Wildman–Crippen MR) is 91.7 cm³/mol. The van der Waals surface area contributed by atoms with Crippen LogP contribution in [0.25, 0.3) is 0 Å². The van der Waals surface area contributed by atoms with Crippen molar-refractivity contribution >= 4 is 5.78 Å². The highest BCUT2D eigenvalue weighted by molar-refractivity contribution is 5.89. The van der Waals surface area contributed by atoms with E-state index in [2.05, 4.69) is 0 Å². The normalized spacial score (nSPS) is 11.0. The largest absolute Gasteiger partial charge is 0.508 e. The van der Waals surface area contributed by atoms with Crippen LogP contribution >= 0.6 is 0 Å². The minimum Gasteiger partial charge on any atom is -0.508 e. The quantitative estimate of drug-likeness (QED) is 0.757. The zero-order chi connectivity index (χ0) is 16.7. The molecular weight excluding hydrogens is 288 g/mol. The second-order valence-corrected chi connectivity index (χ2v) is 5.69. The first-order valence-electron chi connectivity index (χ1n) is 7.80. The van der Waals surface area contributed by atoms with Gasteiger partial charge in [0.05, 0.1) is 0 Å². The first-order chi connectivity index (χ1) is 11.0. The number of allylic oxidation sites excluding steroid dienone is 2. The van der Waals surface area contributed by atoms with Crippen molar-refractivity contribution in [1.82, 2.24) is 0 Å². The summed E-state index contributed by atoms with van der Waals surface area (Å²) >= 11 is 0. The maximum atomic E-state index is 11.8. The summed E-state index contributed by atoms with van der Waals surface area (Å²) in [5, 5.41) is 18.9. The van der Waals surface area contributed by atoms with Crippen LogP contribution in [0.15, 0.2) is 54.6 Å². The predicted octanol–water partition coefficient (Wildman–Crippen LogP) is 4.10. The van der Waals surface area contributed by atoms with Gasteiger partial charge in [0.25, 0.3) is 0 Å². The molecule has 3 heteroatoms. The van der Waals surface area contributed by atoms with Gasteiger partial charge in [-0.3, -0.25) is 4.79 Å². The Labute approximate surface area is 136 Å². The van der Waals surface area contributed by atoms with Gasteiger partial charge >= 0.3 is 0 Å². The standard InChI is InChI=1S/C20H22O3/c1-15-6-7-17(14-20(15)23)4-2-3-5-18(21)11-8-16-9-12-19(22)13-10-16/h3,5-7,9-10,12-14,22-23H,2,4,8,11H2,1H3/b5-3+. The number of aryl methyl sites for hydroxylation is 3. The molecule has 2 aromatic carbocycles. The van der Waals surface area contributed by atoms with E-state index < -0.39 is 0 Å². The van der Waals surface area contributed by atoms with Gasteiger partial charge in [0, 0.05) is 6.42 Å². The van der Waals surface area contributed by atoms with Crippen LogP contribution in [-0.2, 0) is 17.6 Å². The fraction of sp³-hybridized carbons (Fsp3) is 0.250. The molecule has 120 valence electrons. The van der Waals surface area contributed by atoms with E-state index in [0.29, 0.717) is 18.6 Å². The van der Waals surface area contributed by atoms with E-state index >= 15 is 0 Å². The number of rotatable bonds is 7. The monoisotopic (exact) mass is 310 g/mol. The molecule has 0 atom stereocenters. The summed E-state index contributed by atoms with van der Waals surface area (Å²) in [5.41, 5.74) is 2.97. The molecule has 3 nitrogen and oxygen atoms in total. The molecule has 0 saturated heterocycles. The molecule has 0 aliphatic heterocycles. The Hall–Kier alpha value is -2.55. The fourth-order valence-electron chi connectivity index (χ4n) is 2.29. The number of benzene rings is 2. The van der Waals surface area contributed by atoms with E-state index in [0.717, 1.165) is 29.5 Å². The highest BCUT2D eigenvalue weighted by atomic mass is 16.3. The molecule has 0 fully saturated rings. The van der Waals surface area contributed by atoms with Gasteiger partial charge in [-0.2, -0.15) is 0 Å². The topological polar surface area (TPSA) is 57.5 Å². The van der Waals surface area contributed by atoms with Crippen LogP contribution in [0.2, 0.25) is 0 Å². The molecule has 0 bridgehead atoms. The van der Waals surface area contributed by atoms with Crippen molar-refractivity contribution in [1.29, 1.82) is 0 Å². The molecule has 2 aromatic rings. The first-order valence-corrected chi connectivity index (χ1v) is 7.80. The zero-order valence-corrected chi connectivity index (χ0v) is 13.3. The van der Waals surface area contributed by atoms with Gasteiger partial charge in [-0.05, 0) is 67.2 Å². The number of hydrogen-bond donors (Lipinski definition) is 2. The van der Waals surface area contributed by atoms with E-state index in [-0.39, 0.29) is 11.5 Å². The van der Waals surface area contributed by atoms with Crippen molar-refractivity contribution in [3.8, 4) is 11.5 Å². The van der Waals surface area contributed by atoms with Gasteiger partial charge < -0.3 is 10.2 Å². The van der Waals surface area contributed by atoms with Crippen LogP contribution in [0.4, 0.5) is 0 Å². The molecule has 23 heavy (non-hydrogen) atoms. The third-order valence-electron chi connectivity index (χ3n) is 3.77. The molecule has 0 radical (unpaired) electrons. The van der Waals surface area contributed by atoms with E-state index in [1.165, 1.54) is 0 Å². The average Bonchev–Trinajstić information content (AvgIpc) is 2.54. The molecule has 2 rings (SSSR count). The molecule has 0 aromatic heterocycles. The number of phenolic OH excluding ortho intramolecular Hbond substituents is 2. The van der Waals surface area contributed by atoms with Gasteiger partial charge in [0.1, 0.15) is 11.5 Å². The Kier molecular flexibility index (Phi) is 5.98. The van der Waals surface area contributed by atoms with Crippen LogP contribution in [0.1, 0.15) is 29.5 Å². The number of hydrogen-bond acceptors (Lipinski definition) is 3. The molecule has 0 aliphatic carbocycles. The van der Waals surface area contributed by atoms with Crippen LogP contribution < -0.4 is 0 Å². The minimum absolute atomic E-state index is 0.102. The lowest BCUT2D eigenvalue weighted by atomic mass is 10.1. The highest BCUT2D eigenvalue weighted by Gasteiger charge is 2.00. The SMILES string of the molecule is Cc1ccc(CC/C=C/C(=O)CCc2ccc(O)cc2)cc1O. The number of carbonyl (C=O) groups is 1. The van der Waals surface area contributed by atoms with Gasteiger partial charge in [0.2, 0.25) is 0 Å². The maximum absolute atomic E-state index is 11.8. The summed E-state index contributed by atoms with van der Waals surface area (Å²) in [4.78, 5) is 11.8. The molecule has 0 aliphatic rings. The number of ketones is 1. The van der Waals surface area contributed by atoms with E-state index in [9.17, 15) is 15.0 Å². The Balaban J connectivity index is 1.73. The van der Waals surface area contributed by atoms with Crippen LogP contribution in [0, 0.1) is 6.92 Å². The summed E-state index contributed by atoms with van der Waals surface area (Å²) in [6.07, 6.45) is 6.23. The maximum Gasteiger partial charge on any atom is 0.155 e. The lowest BCUT2D eigenvalue weighted by Gasteiger charge is -2.02. The van der Waals surface area contributed by atoms with E-state index in [4.69, 9.17) is 0 Å². The lowest BCUT2D eigenvalue weighted by Crippen LogP contribution is -1.96. The third-order valence-corrected chi connectivity index (χ3v) is 3.77. The van der Waals surface area contributed by atoms with Crippen molar-refractivity contribution in [2.45, 2.75) is 32.6 Å². The van der Waals surface area contributed by atoms with Crippen molar-refractivity contribution in [3.05, 3.63) is 71.3 Å². The minimum atomic E-state index is 0.102. The molecule has 0 amide bonds. The second kappa shape index (κ2) is 8.18. The van der Waals surface area contributed by atoms with Crippen LogP contribution in [-0.4, -0.2) is 16.0 Å². The number of phenols is 2. The summed E-state index contributed by atoms with van der Waals surface area (Å²) < 4.78 is 0. The summed E-state index contributed by atoms with van der Waals surface area (Å²) in [7, 11) is 0. The number of carbonyl (C=O) groups excluding carboxylic acids is 1. The molecule has 0 heterocycles. The Morgan fingerprint density at radius 3 is 2.39 bits per heavy atom. The van der Waals surface area contributed by atoms with Gasteiger partial charge in [-0.25, -0.2) is 0 Å². The summed E-state index contributed by atoms with van der Waals surface area (Å²) in [6.45, 7) is 1.87. The van der Waals surface area contributed by atoms with E-state index in [1.807, 2.05) is 37.3 Å². The summed E-state index contributed by atoms with van der Waals surface area (Å²) in [6, 6.07) is 12.6. The van der Waals surface area contributed by atoms with Crippen molar-refractivity contribution in [2.24, 2.45) is 0 Å². The van der Waals surface area contributed by atoms with Crippen LogP contribution in [0.5, 0.6) is 11.5 Å². The highest BCUT2D eigenvalue weighted by Crippen LogP contribution is 2.18. The van der Waals surface area contributed by atoms with Crippen LogP contribution in [0.3, 0.4) is 0 Å². The second-order valence-electron chi connectivity index (χ2n) is 5.69. The average molecular weight is 310 g/mol. The zero-order valence-electron chi connectivity index (χ0n) is 13.3. The van der Waals surface area contributed by atoms with Gasteiger partial charge in [-0.1, -0.05) is 30.3 Å². The summed E-state index contributed by atoms with van der Waals surface area (Å²) in [5.74, 6) is 0.656. The fourth-order valence-corrected chi connectivity index (χ4v) is 2.29. The Morgan fingerprint density at radius 1 is 1.00 bits per heavy atom. The molecule has 0 saturated carbocycles. The van der Waals surface area contributed by atoms with Crippen molar-refractivity contribution < 1.29 is 15.0 Å². The smallest absolute Gasteiger partial charge is 0.155 e. The Morgan fingerprint density at radius 2 is 1.70 bits per heavy atom. The van der Waals surface area contributed by atoms with Crippen molar-refractivity contribution in [2.75, 3.05) is 0 Å².